The molecule has 0 aromatic rings. The first-order valence-electron chi connectivity index (χ1n) is 7.52. The fourth-order valence-electron chi connectivity index (χ4n) is 2.09. The monoisotopic (exact) mass is 294 g/mol. The Labute approximate surface area is 118 Å². The van der Waals surface area contributed by atoms with E-state index >= 15 is 0 Å². The lowest BCUT2D eigenvalue weighted by Crippen LogP contribution is -2.16. The fourth-order valence-corrected chi connectivity index (χ4v) is 2.55. The molecule has 0 radical (unpaired) electrons. The Morgan fingerprint density at radius 2 is 1.37 bits per heavy atom. The number of hydrogen-bond donors (Lipinski definition) is 2. The van der Waals surface area contributed by atoms with Crippen molar-refractivity contribution >= 4 is 10.1 Å². The number of unbranched alkanes of at least 4 members (excludes halogenated alkanes) is 5. The third kappa shape index (κ3) is 11.4. The highest BCUT2D eigenvalue weighted by Crippen LogP contribution is 2.14. The van der Waals surface area contributed by atoms with Crippen LogP contribution in [0, 0.1) is 0 Å². The second kappa shape index (κ2) is 10.6. The molecule has 4 nitrogen and oxygen atoms in total. The zero-order valence-corrected chi connectivity index (χ0v) is 13.2. The molecule has 0 rings (SSSR count). The molecule has 0 aliphatic carbocycles. The van der Waals surface area contributed by atoms with E-state index in [2.05, 4.69) is 6.92 Å². The summed E-state index contributed by atoms with van der Waals surface area (Å²) in [6.45, 7) is 3.70. The van der Waals surface area contributed by atoms with E-state index in [9.17, 15) is 13.5 Å². The lowest BCUT2D eigenvalue weighted by molar-refractivity contribution is 0.147. The van der Waals surface area contributed by atoms with Crippen LogP contribution in [-0.4, -0.2) is 29.4 Å². The van der Waals surface area contributed by atoms with Crippen molar-refractivity contribution in [3.63, 3.8) is 0 Å². The molecule has 5 heteroatoms. The Morgan fingerprint density at radius 3 is 1.84 bits per heavy atom. The Bertz CT molecular complexity index is 301. The zero-order valence-electron chi connectivity index (χ0n) is 12.3. The molecule has 0 saturated heterocycles. The molecular formula is C14H30O4S. The van der Waals surface area contributed by atoms with Gasteiger partial charge in [-0.2, -0.15) is 8.42 Å². The van der Waals surface area contributed by atoms with Crippen molar-refractivity contribution in [1.82, 2.24) is 0 Å². The molecule has 0 spiro atoms. The number of aliphatic hydroxyl groups is 1. The van der Waals surface area contributed by atoms with E-state index in [1.807, 2.05) is 0 Å². The molecular weight excluding hydrogens is 264 g/mol. The molecule has 0 amide bonds. The van der Waals surface area contributed by atoms with Crippen LogP contribution in [0.4, 0.5) is 0 Å². The van der Waals surface area contributed by atoms with Crippen LogP contribution in [0.5, 0.6) is 0 Å². The summed E-state index contributed by atoms with van der Waals surface area (Å²) < 4.78 is 30.4. The maximum absolute atomic E-state index is 10.8. The van der Waals surface area contributed by atoms with Crippen LogP contribution < -0.4 is 0 Å². The van der Waals surface area contributed by atoms with Crippen molar-refractivity contribution in [3.8, 4) is 0 Å². The quantitative estimate of drug-likeness (QED) is 0.426. The molecule has 0 aromatic heterocycles. The molecule has 19 heavy (non-hydrogen) atoms. The molecule has 0 fully saturated rings. The molecule has 2 N–H and O–H groups in total. The van der Waals surface area contributed by atoms with Gasteiger partial charge in [0, 0.05) is 0 Å². The van der Waals surface area contributed by atoms with Gasteiger partial charge in [-0.3, -0.25) is 4.55 Å². The van der Waals surface area contributed by atoms with Crippen LogP contribution in [0.1, 0.15) is 78.1 Å². The lowest BCUT2D eigenvalue weighted by Gasteiger charge is -2.11. The summed E-state index contributed by atoms with van der Waals surface area (Å²) in [6, 6.07) is 0. The molecule has 0 aliphatic heterocycles. The maximum Gasteiger partial charge on any atom is 0.267 e. The van der Waals surface area contributed by atoms with Crippen molar-refractivity contribution < 1.29 is 18.1 Å². The summed E-state index contributed by atoms with van der Waals surface area (Å²) in [5.74, 6) is 0. The van der Waals surface area contributed by atoms with E-state index in [4.69, 9.17) is 4.55 Å². The van der Waals surface area contributed by atoms with Crippen LogP contribution in [0.2, 0.25) is 0 Å². The van der Waals surface area contributed by atoms with Crippen molar-refractivity contribution in [2.75, 3.05) is 0 Å². The minimum absolute atomic E-state index is 0.212. The predicted octanol–water partition coefficient (Wildman–Crippen LogP) is 3.54. The lowest BCUT2D eigenvalue weighted by atomic mass is 10.0. The Kier molecular flexibility index (Phi) is 10.6. The Balaban J connectivity index is 3.43. The standard InChI is InChI=1S/C14H30O4S/c1-3-4-5-8-11-14(15)12-9-6-7-10-13(2)19(16,17)18/h13-15H,3-12H2,1-2H3,(H,16,17,18). The summed E-state index contributed by atoms with van der Waals surface area (Å²) in [7, 11) is -3.87. The summed E-state index contributed by atoms with van der Waals surface area (Å²) >= 11 is 0. The average molecular weight is 294 g/mol. The van der Waals surface area contributed by atoms with Crippen LogP contribution in [0.25, 0.3) is 0 Å². The van der Waals surface area contributed by atoms with Gasteiger partial charge in [-0.25, -0.2) is 0 Å². The summed E-state index contributed by atoms with van der Waals surface area (Å²) in [5.41, 5.74) is 0. The van der Waals surface area contributed by atoms with Crippen molar-refractivity contribution in [2.45, 2.75) is 89.4 Å². The van der Waals surface area contributed by atoms with Gasteiger partial charge < -0.3 is 5.11 Å². The smallest absolute Gasteiger partial charge is 0.267 e. The third-order valence-corrected chi connectivity index (χ3v) is 4.80. The molecule has 0 heterocycles. The van der Waals surface area contributed by atoms with Gasteiger partial charge in [-0.1, -0.05) is 51.9 Å². The molecule has 0 saturated carbocycles. The van der Waals surface area contributed by atoms with E-state index in [0.717, 1.165) is 38.5 Å². The van der Waals surface area contributed by atoms with Crippen LogP contribution in [-0.2, 0) is 10.1 Å². The first-order chi connectivity index (χ1) is 8.88. The summed E-state index contributed by atoms with van der Waals surface area (Å²) in [6.07, 6.45) is 9.30. The normalized spacial score (nSPS) is 15.4. The van der Waals surface area contributed by atoms with Gasteiger partial charge in [-0.05, 0) is 26.2 Å². The fraction of sp³-hybridized carbons (Fsp3) is 1.00. The number of rotatable bonds is 12. The predicted molar refractivity (Wildman–Crippen MR) is 78.9 cm³/mol. The van der Waals surface area contributed by atoms with Gasteiger partial charge in [-0.15, -0.1) is 0 Å². The van der Waals surface area contributed by atoms with E-state index in [1.54, 1.807) is 0 Å². The second-order valence-corrected chi connectivity index (χ2v) is 7.30. The van der Waals surface area contributed by atoms with Crippen LogP contribution in [0.3, 0.4) is 0 Å². The number of hydrogen-bond acceptors (Lipinski definition) is 3. The van der Waals surface area contributed by atoms with Crippen molar-refractivity contribution in [2.24, 2.45) is 0 Å². The SMILES string of the molecule is CCCCCCC(O)CCCCCC(C)S(=O)(=O)O. The highest BCUT2D eigenvalue weighted by Gasteiger charge is 2.16. The van der Waals surface area contributed by atoms with Crippen molar-refractivity contribution in [3.05, 3.63) is 0 Å². The Hall–Kier alpha value is -0.130. The minimum Gasteiger partial charge on any atom is -0.393 e. The molecule has 2 atom stereocenters. The van der Waals surface area contributed by atoms with Gasteiger partial charge in [0.2, 0.25) is 0 Å². The summed E-state index contributed by atoms with van der Waals surface area (Å²) in [4.78, 5) is 0. The zero-order chi connectivity index (χ0) is 14.7. The largest absolute Gasteiger partial charge is 0.393 e. The molecule has 0 aromatic carbocycles. The van der Waals surface area contributed by atoms with E-state index < -0.39 is 15.4 Å². The van der Waals surface area contributed by atoms with Crippen LogP contribution in [0.15, 0.2) is 0 Å². The molecule has 116 valence electrons. The van der Waals surface area contributed by atoms with Gasteiger partial charge >= 0.3 is 0 Å². The van der Waals surface area contributed by atoms with Crippen molar-refractivity contribution in [1.29, 1.82) is 0 Å². The molecule has 2 unspecified atom stereocenters. The van der Waals surface area contributed by atoms with Crippen LogP contribution >= 0.6 is 0 Å². The highest BCUT2D eigenvalue weighted by atomic mass is 32.2. The molecule has 0 bridgehead atoms. The van der Waals surface area contributed by atoms with Gasteiger partial charge in [0.25, 0.3) is 10.1 Å². The van der Waals surface area contributed by atoms with E-state index in [0.29, 0.717) is 6.42 Å². The van der Waals surface area contributed by atoms with E-state index in [1.165, 1.54) is 26.2 Å². The minimum atomic E-state index is -3.87. The number of aliphatic hydroxyl groups excluding tert-OH is 1. The third-order valence-electron chi connectivity index (χ3n) is 3.55. The maximum atomic E-state index is 10.8. The molecule has 0 aliphatic rings. The first-order valence-corrected chi connectivity index (χ1v) is 9.02. The average Bonchev–Trinajstić information content (AvgIpc) is 2.33. The topological polar surface area (TPSA) is 74.6 Å². The van der Waals surface area contributed by atoms with Gasteiger partial charge in [0.15, 0.2) is 0 Å². The Morgan fingerprint density at radius 1 is 0.895 bits per heavy atom. The first kappa shape index (κ1) is 18.9. The van der Waals surface area contributed by atoms with Gasteiger partial charge in [0.05, 0.1) is 11.4 Å². The van der Waals surface area contributed by atoms with Gasteiger partial charge in [0.1, 0.15) is 0 Å². The highest BCUT2D eigenvalue weighted by molar-refractivity contribution is 7.86. The second-order valence-electron chi connectivity index (χ2n) is 5.47. The van der Waals surface area contributed by atoms with E-state index in [-0.39, 0.29) is 6.10 Å². The summed E-state index contributed by atoms with van der Waals surface area (Å²) in [5, 5.41) is 9.08.